The zero-order chi connectivity index (χ0) is 19.9. The third-order valence-corrected chi connectivity index (χ3v) is 6.47. The third kappa shape index (κ3) is 5.36. The van der Waals surface area contributed by atoms with Crippen LogP contribution in [0.2, 0.25) is 0 Å². The van der Waals surface area contributed by atoms with Gasteiger partial charge in [-0.3, -0.25) is 4.79 Å². The molecule has 2 N–H and O–H groups in total. The summed E-state index contributed by atoms with van der Waals surface area (Å²) in [6, 6.07) is 11.7. The highest BCUT2D eigenvalue weighted by molar-refractivity contribution is 8.02. The van der Waals surface area contributed by atoms with Crippen molar-refractivity contribution in [3.8, 4) is 0 Å². The zero-order valence-corrected chi connectivity index (χ0v) is 17.8. The Labute approximate surface area is 173 Å². The lowest BCUT2D eigenvalue weighted by Gasteiger charge is -2.17. The summed E-state index contributed by atoms with van der Waals surface area (Å²) >= 11 is 2.83. The molecule has 148 valence electrons. The van der Waals surface area contributed by atoms with Gasteiger partial charge in [0.25, 0.3) is 0 Å². The molecule has 2 aromatic heterocycles. The number of amides is 1. The summed E-state index contributed by atoms with van der Waals surface area (Å²) < 4.78 is 6.03. The summed E-state index contributed by atoms with van der Waals surface area (Å²) in [6.45, 7) is 6.74. The van der Waals surface area contributed by atoms with E-state index < -0.39 is 0 Å². The highest BCUT2D eigenvalue weighted by atomic mass is 32.2. The maximum atomic E-state index is 12.7. The number of nitrogens with one attached hydrogen (secondary N) is 2. The second-order valence-corrected chi connectivity index (χ2v) is 9.02. The van der Waals surface area contributed by atoms with Gasteiger partial charge in [0.1, 0.15) is 5.76 Å². The van der Waals surface area contributed by atoms with E-state index in [1.54, 1.807) is 6.26 Å². The Bertz CT molecular complexity index is 895. The first-order valence-corrected chi connectivity index (χ1v) is 10.9. The number of nitrogens with zero attached hydrogens (tertiary/aromatic N) is 2. The van der Waals surface area contributed by atoms with Crippen LogP contribution >= 0.6 is 23.1 Å². The first kappa shape index (κ1) is 20.4. The molecule has 3 rings (SSSR count). The van der Waals surface area contributed by atoms with E-state index in [2.05, 4.69) is 40.7 Å². The molecule has 1 aromatic carbocycles. The van der Waals surface area contributed by atoms with E-state index in [0.717, 1.165) is 27.8 Å². The first-order chi connectivity index (χ1) is 13.6. The van der Waals surface area contributed by atoms with Gasteiger partial charge in [-0.15, -0.1) is 10.2 Å². The zero-order valence-electron chi connectivity index (χ0n) is 16.1. The normalized spacial score (nSPS) is 13.1. The van der Waals surface area contributed by atoms with E-state index in [4.69, 9.17) is 4.42 Å². The molecule has 0 saturated heterocycles. The van der Waals surface area contributed by atoms with Crippen molar-refractivity contribution in [2.24, 2.45) is 0 Å². The highest BCUT2D eigenvalue weighted by Gasteiger charge is 2.19. The fraction of sp³-hybridized carbons (Fsp3) is 0.350. The van der Waals surface area contributed by atoms with Crippen LogP contribution in [-0.2, 0) is 11.3 Å². The Hall–Kier alpha value is -2.32. The summed E-state index contributed by atoms with van der Waals surface area (Å²) in [6.07, 6.45) is 2.66. The summed E-state index contributed by atoms with van der Waals surface area (Å²) in [5.41, 5.74) is 2.04. The van der Waals surface area contributed by atoms with Gasteiger partial charge >= 0.3 is 0 Å². The van der Waals surface area contributed by atoms with Crippen molar-refractivity contribution in [3.63, 3.8) is 0 Å². The van der Waals surface area contributed by atoms with Crippen molar-refractivity contribution in [1.82, 2.24) is 10.2 Å². The average molecular weight is 417 g/mol. The van der Waals surface area contributed by atoms with Crippen LogP contribution in [0.15, 0.2) is 51.4 Å². The second-order valence-electron chi connectivity index (χ2n) is 6.45. The van der Waals surface area contributed by atoms with Crippen molar-refractivity contribution >= 4 is 39.8 Å². The Balaban J connectivity index is 1.56. The topological polar surface area (TPSA) is 80.0 Å². The fourth-order valence-corrected chi connectivity index (χ4v) is 4.50. The van der Waals surface area contributed by atoms with E-state index in [0.29, 0.717) is 17.6 Å². The Morgan fingerprint density at radius 2 is 2.04 bits per heavy atom. The molecule has 0 bridgehead atoms. The minimum absolute atomic E-state index is 0.0407. The van der Waals surface area contributed by atoms with Crippen LogP contribution < -0.4 is 10.6 Å². The number of para-hydroxylation sites is 1. The number of hydrogen-bond donors (Lipinski definition) is 2. The van der Waals surface area contributed by atoms with Gasteiger partial charge in [-0.25, -0.2) is 0 Å². The number of anilines is 2. The summed E-state index contributed by atoms with van der Waals surface area (Å²) in [5, 5.41) is 14.9. The molecule has 6 nitrogen and oxygen atoms in total. The monoisotopic (exact) mass is 416 g/mol. The lowest BCUT2D eigenvalue weighted by molar-refractivity contribution is -0.115. The number of rotatable bonds is 9. The van der Waals surface area contributed by atoms with Crippen molar-refractivity contribution in [2.45, 2.75) is 49.2 Å². The predicted molar refractivity (Wildman–Crippen MR) is 115 cm³/mol. The SMILES string of the molecule is CC[C@@H](C)c1ccccc1NC(=O)[C@H](C)Sc1nnc(NCc2ccco2)s1. The van der Waals surface area contributed by atoms with Crippen LogP contribution in [0.25, 0.3) is 0 Å². The minimum atomic E-state index is -0.282. The quantitative estimate of drug-likeness (QED) is 0.456. The van der Waals surface area contributed by atoms with Crippen molar-refractivity contribution < 1.29 is 9.21 Å². The summed E-state index contributed by atoms with van der Waals surface area (Å²) in [5.74, 6) is 1.18. The number of carbonyl (C=O) groups is 1. The smallest absolute Gasteiger partial charge is 0.237 e. The van der Waals surface area contributed by atoms with Gasteiger partial charge in [0.2, 0.25) is 11.0 Å². The number of benzene rings is 1. The largest absolute Gasteiger partial charge is 0.467 e. The molecule has 2 atom stereocenters. The molecule has 0 saturated carbocycles. The Morgan fingerprint density at radius 3 is 2.79 bits per heavy atom. The molecule has 0 unspecified atom stereocenters. The van der Waals surface area contributed by atoms with Crippen LogP contribution in [0.3, 0.4) is 0 Å². The molecule has 28 heavy (non-hydrogen) atoms. The maximum absolute atomic E-state index is 12.7. The molecule has 0 radical (unpaired) electrons. The molecular formula is C20H24N4O2S2. The molecular weight excluding hydrogens is 392 g/mol. The van der Waals surface area contributed by atoms with Crippen molar-refractivity contribution in [1.29, 1.82) is 0 Å². The van der Waals surface area contributed by atoms with Gasteiger partial charge < -0.3 is 15.1 Å². The molecule has 8 heteroatoms. The summed E-state index contributed by atoms with van der Waals surface area (Å²) in [4.78, 5) is 12.7. The molecule has 0 aliphatic rings. The number of hydrogen-bond acceptors (Lipinski definition) is 7. The first-order valence-electron chi connectivity index (χ1n) is 9.23. The van der Waals surface area contributed by atoms with Gasteiger partial charge in [0.05, 0.1) is 18.1 Å². The number of furan rings is 1. The second kappa shape index (κ2) is 9.75. The minimum Gasteiger partial charge on any atom is -0.467 e. The van der Waals surface area contributed by atoms with Crippen molar-refractivity contribution in [2.75, 3.05) is 10.6 Å². The third-order valence-electron chi connectivity index (χ3n) is 4.41. The van der Waals surface area contributed by atoms with E-state index in [-0.39, 0.29) is 11.2 Å². The fourth-order valence-electron chi connectivity index (χ4n) is 2.60. The van der Waals surface area contributed by atoms with Gasteiger partial charge in [0.15, 0.2) is 4.34 Å². The molecule has 2 heterocycles. The molecule has 0 spiro atoms. The van der Waals surface area contributed by atoms with Gasteiger partial charge in [-0.05, 0) is 43.0 Å². The lowest BCUT2D eigenvalue weighted by atomic mass is 9.97. The molecule has 1 amide bonds. The molecule has 0 aliphatic heterocycles. The van der Waals surface area contributed by atoms with Crippen LogP contribution in [0.4, 0.5) is 10.8 Å². The molecule has 0 aliphatic carbocycles. The van der Waals surface area contributed by atoms with E-state index >= 15 is 0 Å². The van der Waals surface area contributed by atoms with Crippen LogP contribution in [0.5, 0.6) is 0 Å². The standard InChI is InChI=1S/C20H24N4O2S2/c1-4-13(2)16-9-5-6-10-17(16)22-18(25)14(3)27-20-24-23-19(28-20)21-12-15-8-7-11-26-15/h5-11,13-14H,4,12H2,1-3H3,(H,21,23)(H,22,25)/t13-,14+/m1/s1. The highest BCUT2D eigenvalue weighted by Crippen LogP contribution is 2.31. The number of thioether (sulfide) groups is 1. The number of aromatic nitrogens is 2. The van der Waals surface area contributed by atoms with Gasteiger partial charge in [-0.1, -0.05) is 55.1 Å². The van der Waals surface area contributed by atoms with Gasteiger partial charge in [0, 0.05) is 5.69 Å². The summed E-state index contributed by atoms with van der Waals surface area (Å²) in [7, 11) is 0. The average Bonchev–Trinajstić information content (AvgIpc) is 3.38. The van der Waals surface area contributed by atoms with Gasteiger partial charge in [-0.2, -0.15) is 0 Å². The van der Waals surface area contributed by atoms with Crippen LogP contribution in [0.1, 0.15) is 44.4 Å². The lowest BCUT2D eigenvalue weighted by Crippen LogP contribution is -2.23. The van der Waals surface area contributed by atoms with E-state index in [1.807, 2.05) is 37.3 Å². The van der Waals surface area contributed by atoms with E-state index in [9.17, 15) is 4.79 Å². The number of carbonyl (C=O) groups excluding carboxylic acids is 1. The molecule has 3 aromatic rings. The van der Waals surface area contributed by atoms with Crippen LogP contribution in [-0.4, -0.2) is 21.4 Å². The Morgan fingerprint density at radius 1 is 1.21 bits per heavy atom. The maximum Gasteiger partial charge on any atom is 0.237 e. The van der Waals surface area contributed by atoms with Crippen LogP contribution in [0, 0.1) is 0 Å². The predicted octanol–water partition coefficient (Wildman–Crippen LogP) is 5.38. The molecule has 0 fully saturated rings. The Kier molecular flexibility index (Phi) is 7.11. The van der Waals surface area contributed by atoms with E-state index in [1.165, 1.54) is 23.1 Å². The van der Waals surface area contributed by atoms with Crippen molar-refractivity contribution in [3.05, 3.63) is 54.0 Å².